The lowest BCUT2D eigenvalue weighted by atomic mass is 9.61. The molecule has 0 radical (unpaired) electrons. The summed E-state index contributed by atoms with van der Waals surface area (Å²) in [5.74, 6) is -1.79. The van der Waals surface area contributed by atoms with Crippen molar-refractivity contribution in [3.63, 3.8) is 0 Å². The summed E-state index contributed by atoms with van der Waals surface area (Å²) in [6, 6.07) is 3.43. The number of aromatic nitrogens is 4. The highest BCUT2D eigenvalue weighted by Crippen LogP contribution is 2.54. The largest absolute Gasteiger partial charge is 0.453 e. The molecular formula is C23H25F6N7O. The maximum Gasteiger partial charge on any atom is 0.453 e. The molecule has 1 atom stereocenters. The minimum atomic E-state index is -4.56. The molecule has 6 rings (SSSR count). The fraction of sp³-hybridized carbons (Fsp3) is 0.652. The van der Waals surface area contributed by atoms with E-state index in [-0.39, 0.29) is 36.4 Å². The Morgan fingerprint density at radius 2 is 1.70 bits per heavy atom. The summed E-state index contributed by atoms with van der Waals surface area (Å²) in [7, 11) is 0. The lowest BCUT2D eigenvalue weighted by molar-refractivity contribution is -0.168. The predicted molar refractivity (Wildman–Crippen MR) is 118 cm³/mol. The third kappa shape index (κ3) is 4.37. The number of amides is 2. The first-order valence-electron chi connectivity index (χ1n) is 12.2. The van der Waals surface area contributed by atoms with Crippen LogP contribution in [0.25, 0.3) is 0 Å². The van der Waals surface area contributed by atoms with Crippen LogP contribution >= 0.6 is 0 Å². The zero-order valence-corrected chi connectivity index (χ0v) is 19.7. The van der Waals surface area contributed by atoms with Crippen LogP contribution in [-0.2, 0) is 6.18 Å². The highest BCUT2D eigenvalue weighted by molar-refractivity contribution is 5.77. The van der Waals surface area contributed by atoms with Crippen LogP contribution in [0.3, 0.4) is 0 Å². The van der Waals surface area contributed by atoms with Gasteiger partial charge in [0.1, 0.15) is 12.1 Å². The van der Waals surface area contributed by atoms with Gasteiger partial charge in [0.15, 0.2) is 0 Å². The molecule has 3 aliphatic heterocycles. The Balaban J connectivity index is 0.950. The quantitative estimate of drug-likeness (QED) is 0.564. The SMILES string of the molecule is O=C(N1CC(c2ccc(N3CC[C@H](C(F)(F)F)C3)nc2)C1)N1CC2(CC(n3cnc(C(F)(F)F)n3)C2)C1. The molecule has 2 aromatic heterocycles. The molecule has 14 heteroatoms. The third-order valence-electron chi connectivity index (χ3n) is 8.17. The van der Waals surface area contributed by atoms with Crippen LogP contribution in [0.15, 0.2) is 24.7 Å². The first kappa shape index (κ1) is 24.3. The summed E-state index contributed by atoms with van der Waals surface area (Å²) in [5.41, 5.74) is 0.891. The number of anilines is 1. The van der Waals surface area contributed by atoms with Crippen LogP contribution in [0.2, 0.25) is 0 Å². The number of hydrogen-bond donors (Lipinski definition) is 0. The molecule has 8 nitrogen and oxygen atoms in total. The van der Waals surface area contributed by atoms with E-state index in [0.717, 1.165) is 11.9 Å². The van der Waals surface area contributed by atoms with Gasteiger partial charge in [-0.2, -0.15) is 26.3 Å². The number of alkyl halides is 6. The van der Waals surface area contributed by atoms with E-state index in [2.05, 4.69) is 15.1 Å². The fourth-order valence-corrected chi connectivity index (χ4v) is 5.97. The normalized spacial score (nSPS) is 24.3. The fourth-order valence-electron chi connectivity index (χ4n) is 5.97. The number of rotatable bonds is 3. The van der Waals surface area contributed by atoms with E-state index in [0.29, 0.717) is 51.4 Å². The summed E-state index contributed by atoms with van der Waals surface area (Å²) < 4.78 is 78.2. The van der Waals surface area contributed by atoms with Crippen LogP contribution in [-0.4, -0.2) is 81.0 Å². The molecule has 0 bridgehead atoms. The van der Waals surface area contributed by atoms with Gasteiger partial charge in [-0.1, -0.05) is 6.07 Å². The molecule has 3 saturated heterocycles. The molecule has 5 heterocycles. The standard InChI is InChI=1S/C23H25F6N7O/c24-22(25,26)16-3-4-33(10-16)18-2-1-14(7-30-18)15-8-34(9-15)20(37)35-11-21(12-35)5-17(6-21)36-13-31-19(32-36)23(27,28)29/h1-2,7,13,15-17H,3-6,8-12H2/t16-/m0/s1. The van der Waals surface area contributed by atoms with Gasteiger partial charge in [0.2, 0.25) is 0 Å². The number of carbonyl (C=O) groups excluding carboxylic acids is 1. The minimum absolute atomic E-state index is 0.0507. The van der Waals surface area contributed by atoms with Crippen molar-refractivity contribution in [2.45, 2.75) is 43.6 Å². The van der Waals surface area contributed by atoms with Crippen LogP contribution in [0.1, 0.15) is 42.6 Å². The Labute approximate surface area is 208 Å². The van der Waals surface area contributed by atoms with E-state index in [1.54, 1.807) is 27.0 Å². The Bertz CT molecular complexity index is 1160. The number of pyridine rings is 1. The Hall–Kier alpha value is -3.06. The summed E-state index contributed by atoms with van der Waals surface area (Å²) in [5, 5.41) is 3.55. The van der Waals surface area contributed by atoms with Gasteiger partial charge in [-0.05, 0) is 30.9 Å². The van der Waals surface area contributed by atoms with Gasteiger partial charge < -0.3 is 14.7 Å². The molecule has 37 heavy (non-hydrogen) atoms. The Morgan fingerprint density at radius 1 is 0.973 bits per heavy atom. The second kappa shape index (κ2) is 8.22. The van der Waals surface area contributed by atoms with Crippen molar-refractivity contribution in [1.82, 2.24) is 29.5 Å². The topological polar surface area (TPSA) is 70.4 Å². The first-order chi connectivity index (χ1) is 17.4. The van der Waals surface area contributed by atoms with Crippen LogP contribution < -0.4 is 4.90 Å². The summed E-state index contributed by atoms with van der Waals surface area (Å²) >= 11 is 0. The molecule has 1 spiro atoms. The van der Waals surface area contributed by atoms with Gasteiger partial charge in [-0.25, -0.2) is 19.4 Å². The van der Waals surface area contributed by atoms with E-state index in [4.69, 9.17) is 0 Å². The molecule has 4 fully saturated rings. The summed E-state index contributed by atoms with van der Waals surface area (Å²) in [4.78, 5) is 25.7. The molecule has 1 saturated carbocycles. The van der Waals surface area contributed by atoms with Gasteiger partial charge in [-0.3, -0.25) is 0 Å². The molecule has 1 aliphatic carbocycles. The first-order valence-corrected chi connectivity index (χ1v) is 12.2. The smallest absolute Gasteiger partial charge is 0.356 e. The van der Waals surface area contributed by atoms with E-state index in [1.165, 1.54) is 4.68 Å². The van der Waals surface area contributed by atoms with Crippen molar-refractivity contribution in [3.8, 4) is 0 Å². The average molecular weight is 529 g/mol. The lowest BCUT2D eigenvalue weighted by Gasteiger charge is -2.60. The molecule has 2 aromatic rings. The van der Waals surface area contributed by atoms with Crippen LogP contribution in [0.5, 0.6) is 0 Å². The monoisotopic (exact) mass is 529 g/mol. The van der Waals surface area contributed by atoms with E-state index >= 15 is 0 Å². The number of hydrogen-bond acceptors (Lipinski definition) is 5. The number of nitrogens with zero attached hydrogens (tertiary/aromatic N) is 7. The lowest BCUT2D eigenvalue weighted by Crippen LogP contribution is -2.67. The minimum Gasteiger partial charge on any atom is -0.356 e. The zero-order chi connectivity index (χ0) is 26.2. The average Bonchev–Trinajstić information content (AvgIpc) is 3.41. The zero-order valence-electron chi connectivity index (χ0n) is 19.7. The van der Waals surface area contributed by atoms with Crippen LogP contribution in [0, 0.1) is 11.3 Å². The number of urea groups is 1. The van der Waals surface area contributed by atoms with Crippen molar-refractivity contribution < 1.29 is 31.1 Å². The second-order valence-corrected chi connectivity index (χ2v) is 10.8. The van der Waals surface area contributed by atoms with Crippen molar-refractivity contribution in [1.29, 1.82) is 0 Å². The van der Waals surface area contributed by atoms with Crippen molar-refractivity contribution in [2.24, 2.45) is 11.3 Å². The van der Waals surface area contributed by atoms with Gasteiger partial charge in [0, 0.05) is 56.8 Å². The van der Waals surface area contributed by atoms with Gasteiger partial charge in [-0.15, -0.1) is 5.10 Å². The summed E-state index contributed by atoms with van der Waals surface area (Å²) in [6.07, 6.45) is -4.54. The van der Waals surface area contributed by atoms with Gasteiger partial charge >= 0.3 is 18.4 Å². The predicted octanol–water partition coefficient (Wildman–Crippen LogP) is 3.94. The van der Waals surface area contributed by atoms with Crippen molar-refractivity contribution in [2.75, 3.05) is 44.2 Å². The van der Waals surface area contributed by atoms with E-state index < -0.39 is 24.1 Å². The third-order valence-corrected chi connectivity index (χ3v) is 8.17. The molecular weight excluding hydrogens is 504 g/mol. The maximum absolute atomic E-state index is 12.9. The highest BCUT2D eigenvalue weighted by Gasteiger charge is 2.56. The van der Waals surface area contributed by atoms with Crippen molar-refractivity contribution in [3.05, 3.63) is 36.0 Å². The number of halogens is 6. The van der Waals surface area contributed by atoms with Crippen molar-refractivity contribution >= 4 is 11.8 Å². The van der Waals surface area contributed by atoms with Crippen LogP contribution in [0.4, 0.5) is 37.0 Å². The second-order valence-electron chi connectivity index (χ2n) is 10.8. The molecule has 200 valence electrons. The highest BCUT2D eigenvalue weighted by atomic mass is 19.4. The number of carbonyl (C=O) groups is 1. The molecule has 2 amide bonds. The van der Waals surface area contributed by atoms with Gasteiger partial charge in [0.05, 0.1) is 12.0 Å². The molecule has 0 N–H and O–H groups in total. The van der Waals surface area contributed by atoms with Gasteiger partial charge in [0.25, 0.3) is 5.82 Å². The molecule has 0 unspecified atom stereocenters. The number of likely N-dealkylation sites (tertiary alicyclic amines) is 2. The van der Waals surface area contributed by atoms with E-state index in [9.17, 15) is 31.1 Å². The Morgan fingerprint density at radius 3 is 2.27 bits per heavy atom. The Kier molecular flexibility index (Phi) is 5.40. The maximum atomic E-state index is 12.9. The van der Waals surface area contributed by atoms with E-state index in [1.807, 2.05) is 6.07 Å². The summed E-state index contributed by atoms with van der Waals surface area (Å²) in [6.45, 7) is 2.50. The molecule has 4 aliphatic rings. The molecule has 0 aromatic carbocycles.